The summed E-state index contributed by atoms with van der Waals surface area (Å²) in [6.07, 6.45) is 2.37. The Kier molecular flexibility index (Phi) is 1.46. The second kappa shape index (κ2) is 2.21. The summed E-state index contributed by atoms with van der Waals surface area (Å²) in [5.74, 6) is 0.815. The van der Waals surface area contributed by atoms with Crippen molar-refractivity contribution in [3.05, 3.63) is 0 Å². The van der Waals surface area contributed by atoms with Crippen molar-refractivity contribution in [3.63, 3.8) is 0 Å². The van der Waals surface area contributed by atoms with E-state index in [4.69, 9.17) is 4.74 Å². The van der Waals surface area contributed by atoms with Crippen molar-refractivity contribution in [1.82, 2.24) is 5.32 Å². The van der Waals surface area contributed by atoms with Crippen molar-refractivity contribution >= 4 is 0 Å². The fourth-order valence-corrected chi connectivity index (χ4v) is 1.48. The van der Waals surface area contributed by atoms with Crippen LogP contribution in [0.25, 0.3) is 0 Å². The van der Waals surface area contributed by atoms with E-state index in [0.717, 1.165) is 12.0 Å². The van der Waals surface area contributed by atoms with Gasteiger partial charge in [0.15, 0.2) is 0 Å². The SMILES string of the molecule is CC(CC1OC1C)C1CN1. The van der Waals surface area contributed by atoms with Crippen LogP contribution in [0.5, 0.6) is 0 Å². The Morgan fingerprint density at radius 1 is 1.70 bits per heavy atom. The van der Waals surface area contributed by atoms with Gasteiger partial charge < -0.3 is 10.1 Å². The van der Waals surface area contributed by atoms with Gasteiger partial charge in [0, 0.05) is 12.6 Å². The third-order valence-electron chi connectivity index (χ3n) is 2.57. The summed E-state index contributed by atoms with van der Waals surface area (Å²) < 4.78 is 5.34. The summed E-state index contributed by atoms with van der Waals surface area (Å²) in [7, 11) is 0. The van der Waals surface area contributed by atoms with Crippen molar-refractivity contribution in [3.8, 4) is 0 Å². The number of epoxide rings is 1. The third-order valence-corrected chi connectivity index (χ3v) is 2.57. The third kappa shape index (κ3) is 1.32. The first kappa shape index (κ1) is 6.62. The quantitative estimate of drug-likeness (QED) is 0.589. The van der Waals surface area contributed by atoms with Crippen LogP contribution in [0.4, 0.5) is 0 Å². The van der Waals surface area contributed by atoms with Gasteiger partial charge in [-0.15, -0.1) is 0 Å². The molecule has 2 aliphatic rings. The first-order valence-electron chi connectivity index (χ1n) is 4.16. The molecule has 0 aromatic carbocycles. The molecule has 2 nitrogen and oxygen atoms in total. The minimum absolute atomic E-state index is 0.543. The molecule has 1 N–H and O–H groups in total. The molecule has 4 unspecified atom stereocenters. The molecular formula is C8H15NO. The number of ether oxygens (including phenoxy) is 1. The average molecular weight is 141 g/mol. The van der Waals surface area contributed by atoms with E-state index in [1.807, 2.05) is 0 Å². The monoisotopic (exact) mass is 141 g/mol. The van der Waals surface area contributed by atoms with Crippen LogP contribution in [0.3, 0.4) is 0 Å². The Balaban J connectivity index is 1.69. The second-order valence-corrected chi connectivity index (χ2v) is 3.61. The zero-order valence-electron chi connectivity index (χ0n) is 6.63. The molecule has 0 aromatic rings. The minimum Gasteiger partial charge on any atom is -0.370 e. The summed E-state index contributed by atoms with van der Waals surface area (Å²) in [4.78, 5) is 0. The highest BCUT2D eigenvalue weighted by molar-refractivity contribution is 4.92. The fraction of sp³-hybridized carbons (Fsp3) is 1.00. The van der Waals surface area contributed by atoms with E-state index in [9.17, 15) is 0 Å². The van der Waals surface area contributed by atoms with E-state index < -0.39 is 0 Å². The number of nitrogens with one attached hydrogen (secondary N) is 1. The molecule has 58 valence electrons. The molecule has 0 radical (unpaired) electrons. The average Bonchev–Trinajstić information content (AvgIpc) is 2.66. The molecule has 0 amide bonds. The molecule has 2 rings (SSSR count). The van der Waals surface area contributed by atoms with E-state index in [1.54, 1.807) is 0 Å². The van der Waals surface area contributed by atoms with Crippen LogP contribution in [-0.2, 0) is 4.74 Å². The van der Waals surface area contributed by atoms with Crippen LogP contribution in [0.15, 0.2) is 0 Å². The summed E-state index contributed by atoms with van der Waals surface area (Å²) in [6.45, 7) is 5.68. The van der Waals surface area contributed by atoms with E-state index >= 15 is 0 Å². The Labute approximate surface area is 61.9 Å². The van der Waals surface area contributed by atoms with Crippen LogP contribution in [0.2, 0.25) is 0 Å². The Bertz CT molecular complexity index is 133. The topological polar surface area (TPSA) is 34.5 Å². The molecule has 2 heterocycles. The predicted molar refractivity (Wildman–Crippen MR) is 39.9 cm³/mol. The first-order valence-corrected chi connectivity index (χ1v) is 4.16. The molecule has 2 saturated heterocycles. The largest absolute Gasteiger partial charge is 0.370 e. The van der Waals surface area contributed by atoms with E-state index in [0.29, 0.717) is 12.2 Å². The molecule has 4 atom stereocenters. The Morgan fingerprint density at radius 2 is 2.30 bits per heavy atom. The van der Waals surface area contributed by atoms with Gasteiger partial charge >= 0.3 is 0 Å². The summed E-state index contributed by atoms with van der Waals surface area (Å²) in [6, 6.07) is 0.802. The lowest BCUT2D eigenvalue weighted by atomic mass is 10.0. The lowest BCUT2D eigenvalue weighted by Crippen LogP contribution is -2.09. The normalized spacial score (nSPS) is 46.8. The maximum atomic E-state index is 5.34. The fourth-order valence-electron chi connectivity index (χ4n) is 1.48. The van der Waals surface area contributed by atoms with E-state index in [1.165, 1.54) is 13.0 Å². The zero-order valence-corrected chi connectivity index (χ0v) is 6.63. The van der Waals surface area contributed by atoms with E-state index in [2.05, 4.69) is 19.2 Å². The van der Waals surface area contributed by atoms with Gasteiger partial charge in [-0.05, 0) is 19.3 Å². The van der Waals surface area contributed by atoms with Crippen LogP contribution >= 0.6 is 0 Å². The molecule has 0 aliphatic carbocycles. The highest BCUT2D eigenvalue weighted by Gasteiger charge is 2.38. The molecular weight excluding hydrogens is 126 g/mol. The maximum absolute atomic E-state index is 5.34. The smallest absolute Gasteiger partial charge is 0.0842 e. The van der Waals surface area contributed by atoms with Gasteiger partial charge in [-0.25, -0.2) is 0 Å². The second-order valence-electron chi connectivity index (χ2n) is 3.61. The molecule has 10 heavy (non-hydrogen) atoms. The van der Waals surface area contributed by atoms with Crippen LogP contribution in [0.1, 0.15) is 20.3 Å². The summed E-state index contributed by atoms with van der Waals surface area (Å²) >= 11 is 0. The molecule has 0 saturated carbocycles. The molecule has 2 aliphatic heterocycles. The molecule has 2 heteroatoms. The van der Waals surface area contributed by atoms with Gasteiger partial charge in [0.2, 0.25) is 0 Å². The van der Waals surface area contributed by atoms with Gasteiger partial charge in [-0.3, -0.25) is 0 Å². The Hall–Kier alpha value is -0.0800. The number of rotatable bonds is 3. The highest BCUT2D eigenvalue weighted by Crippen LogP contribution is 2.30. The van der Waals surface area contributed by atoms with E-state index in [-0.39, 0.29) is 0 Å². The van der Waals surface area contributed by atoms with Crippen molar-refractivity contribution in [2.45, 2.75) is 38.5 Å². The lowest BCUT2D eigenvalue weighted by molar-refractivity contribution is 0.344. The van der Waals surface area contributed by atoms with Gasteiger partial charge in [0.1, 0.15) is 0 Å². The number of hydrogen-bond acceptors (Lipinski definition) is 2. The van der Waals surface area contributed by atoms with Crippen molar-refractivity contribution in [1.29, 1.82) is 0 Å². The maximum Gasteiger partial charge on any atom is 0.0842 e. The van der Waals surface area contributed by atoms with Crippen molar-refractivity contribution in [2.75, 3.05) is 6.54 Å². The predicted octanol–water partition coefficient (Wildman–Crippen LogP) is 0.772. The van der Waals surface area contributed by atoms with Crippen molar-refractivity contribution < 1.29 is 4.74 Å². The standard InChI is InChI=1S/C8H15NO/c1-5(7-4-9-7)3-8-6(2)10-8/h5-9H,3-4H2,1-2H3. The molecule has 0 bridgehead atoms. The van der Waals surface area contributed by atoms with Crippen LogP contribution < -0.4 is 5.32 Å². The summed E-state index contributed by atoms with van der Waals surface area (Å²) in [5, 5.41) is 3.33. The van der Waals surface area contributed by atoms with Gasteiger partial charge in [-0.1, -0.05) is 6.92 Å². The van der Waals surface area contributed by atoms with Gasteiger partial charge in [0.25, 0.3) is 0 Å². The van der Waals surface area contributed by atoms with Crippen LogP contribution in [-0.4, -0.2) is 24.8 Å². The molecule has 0 aromatic heterocycles. The summed E-state index contributed by atoms with van der Waals surface area (Å²) in [5.41, 5.74) is 0. The number of hydrogen-bond donors (Lipinski definition) is 1. The van der Waals surface area contributed by atoms with Crippen LogP contribution in [0, 0.1) is 5.92 Å². The molecule has 2 fully saturated rings. The van der Waals surface area contributed by atoms with Gasteiger partial charge in [0.05, 0.1) is 12.2 Å². The highest BCUT2D eigenvalue weighted by atomic mass is 16.6. The minimum atomic E-state index is 0.543. The Morgan fingerprint density at radius 3 is 2.70 bits per heavy atom. The lowest BCUT2D eigenvalue weighted by Gasteiger charge is -2.04. The molecule has 0 spiro atoms. The van der Waals surface area contributed by atoms with Crippen molar-refractivity contribution in [2.24, 2.45) is 5.92 Å². The zero-order chi connectivity index (χ0) is 7.14. The van der Waals surface area contributed by atoms with Gasteiger partial charge in [-0.2, -0.15) is 0 Å². The first-order chi connectivity index (χ1) is 4.77.